The zero-order chi connectivity index (χ0) is 28.9. The Morgan fingerprint density at radius 1 is 0.650 bits per heavy atom. The Hall–Kier alpha value is -5.10. The summed E-state index contributed by atoms with van der Waals surface area (Å²) in [6.07, 6.45) is 7.08. The third-order valence-electron chi connectivity index (χ3n) is 5.77. The molecule has 0 saturated heterocycles. The van der Waals surface area contributed by atoms with Crippen LogP contribution in [-0.2, 0) is 15.9 Å². The lowest BCUT2D eigenvalue weighted by Gasteiger charge is -2.09. The van der Waals surface area contributed by atoms with E-state index in [0.717, 1.165) is 32.9 Å². The predicted octanol–water partition coefficient (Wildman–Crippen LogP) is 7.36. The summed E-state index contributed by atoms with van der Waals surface area (Å²) >= 11 is 0. The summed E-state index contributed by atoms with van der Waals surface area (Å²) in [6, 6.07) is 19.8. The van der Waals surface area contributed by atoms with Gasteiger partial charge in [0.1, 0.15) is 31.3 Å². The summed E-state index contributed by atoms with van der Waals surface area (Å²) in [5, 5.41) is 13.6. The molecule has 0 spiro atoms. The fraction of sp³-hybridized carbons (Fsp3) is 0.118. The summed E-state index contributed by atoms with van der Waals surface area (Å²) in [5.74, 6) is 0.280. The highest BCUT2D eigenvalue weighted by atomic mass is 16.5. The van der Waals surface area contributed by atoms with E-state index in [2.05, 4.69) is 26.3 Å². The highest BCUT2D eigenvalue weighted by molar-refractivity contribution is 5.97. The van der Waals surface area contributed by atoms with Gasteiger partial charge in [-0.15, -0.1) is 6.58 Å². The number of phenolic OH excluding ortho intramolecular Hbond substituents is 1. The molecule has 0 unspecified atom stereocenters. The highest BCUT2D eigenvalue weighted by Crippen LogP contribution is 2.29. The molecule has 0 saturated carbocycles. The Balaban J connectivity index is 0.000000220. The molecule has 0 radical (unpaired) electrons. The van der Waals surface area contributed by atoms with Crippen molar-refractivity contribution in [1.29, 1.82) is 0 Å². The average Bonchev–Trinajstić information content (AvgIpc) is 2.98. The van der Waals surface area contributed by atoms with E-state index in [1.165, 1.54) is 6.08 Å². The van der Waals surface area contributed by atoms with Gasteiger partial charge >= 0.3 is 11.9 Å². The smallest absolute Gasteiger partial charge is 0.338 e. The van der Waals surface area contributed by atoms with Crippen molar-refractivity contribution in [1.82, 2.24) is 0 Å². The van der Waals surface area contributed by atoms with Gasteiger partial charge in [0.15, 0.2) is 0 Å². The number of phenols is 1. The summed E-state index contributed by atoms with van der Waals surface area (Å²) in [4.78, 5) is 23.5. The molecule has 6 nitrogen and oxygen atoms in total. The molecule has 0 aliphatic rings. The number of ether oxygens (including phenoxy) is 3. The van der Waals surface area contributed by atoms with E-state index in [-0.39, 0.29) is 30.9 Å². The first-order valence-electron chi connectivity index (χ1n) is 12.6. The molecule has 4 aromatic rings. The first-order valence-corrected chi connectivity index (χ1v) is 12.6. The number of hydrogen-bond donors (Lipinski definition) is 1. The monoisotopic (exact) mass is 536 g/mol. The number of carbonyl (C=O) groups is 2. The van der Waals surface area contributed by atoms with Crippen molar-refractivity contribution in [3.8, 4) is 11.5 Å². The molecular weight excluding hydrogens is 504 g/mol. The minimum atomic E-state index is -0.384. The molecule has 1 N–H and O–H groups in total. The quantitative estimate of drug-likeness (QED) is 0.159. The van der Waals surface area contributed by atoms with Crippen LogP contribution in [0.3, 0.4) is 0 Å². The summed E-state index contributed by atoms with van der Waals surface area (Å²) < 4.78 is 15.5. The summed E-state index contributed by atoms with van der Waals surface area (Å²) in [6.45, 7) is 15.2. The van der Waals surface area contributed by atoms with Crippen LogP contribution in [0.5, 0.6) is 11.5 Å². The molecular formula is C34H32O6. The van der Waals surface area contributed by atoms with Gasteiger partial charge in [-0.1, -0.05) is 68.3 Å². The largest absolute Gasteiger partial charge is 0.508 e. The van der Waals surface area contributed by atoms with Crippen LogP contribution in [0, 0.1) is 0 Å². The fourth-order valence-electron chi connectivity index (χ4n) is 3.90. The van der Waals surface area contributed by atoms with Gasteiger partial charge < -0.3 is 19.3 Å². The fourth-order valence-corrected chi connectivity index (χ4v) is 3.90. The molecule has 0 aromatic heterocycles. The van der Waals surface area contributed by atoms with Crippen LogP contribution in [0.2, 0.25) is 0 Å². The molecule has 0 heterocycles. The Bertz CT molecular complexity index is 1550. The van der Waals surface area contributed by atoms with E-state index >= 15 is 0 Å². The molecule has 0 bridgehead atoms. The van der Waals surface area contributed by atoms with Gasteiger partial charge in [-0.3, -0.25) is 0 Å². The first kappa shape index (κ1) is 29.5. The van der Waals surface area contributed by atoms with Gasteiger partial charge in [0, 0.05) is 5.56 Å². The van der Waals surface area contributed by atoms with E-state index < -0.39 is 0 Å². The van der Waals surface area contributed by atoms with Gasteiger partial charge in [-0.2, -0.15) is 0 Å². The second-order valence-corrected chi connectivity index (χ2v) is 8.59. The molecule has 0 atom stereocenters. The maximum atomic E-state index is 11.8. The van der Waals surface area contributed by atoms with E-state index in [1.54, 1.807) is 54.6 Å². The molecule has 0 amide bonds. The normalized spacial score (nSPS) is 10.1. The number of aromatic hydroxyl groups is 1. The zero-order valence-electron chi connectivity index (χ0n) is 22.3. The molecule has 4 aromatic carbocycles. The number of rotatable bonds is 11. The van der Waals surface area contributed by atoms with Crippen LogP contribution >= 0.6 is 0 Å². The van der Waals surface area contributed by atoms with Crippen molar-refractivity contribution in [2.75, 3.05) is 19.8 Å². The number of allylic oxidation sites excluding steroid dienone is 1. The van der Waals surface area contributed by atoms with Crippen LogP contribution in [0.4, 0.5) is 0 Å². The van der Waals surface area contributed by atoms with E-state index in [9.17, 15) is 14.7 Å². The summed E-state index contributed by atoms with van der Waals surface area (Å²) in [5.41, 5.74) is 1.82. The third-order valence-corrected chi connectivity index (χ3v) is 5.77. The van der Waals surface area contributed by atoms with Crippen molar-refractivity contribution in [2.45, 2.75) is 6.42 Å². The lowest BCUT2D eigenvalue weighted by atomic mass is 9.99. The molecule has 40 heavy (non-hydrogen) atoms. The first-order chi connectivity index (χ1) is 19.4. The SMILES string of the molecule is C=CCOC(=O)c1ccc2c(CC=C)c(O)ccc2c1.C=CCOC(=O)c1ccc2cc(OCC=C)ccc2c1. The zero-order valence-corrected chi connectivity index (χ0v) is 22.3. The Kier molecular flexibility index (Phi) is 10.9. The number of esters is 2. The number of hydrogen-bond acceptors (Lipinski definition) is 6. The molecule has 204 valence electrons. The average molecular weight is 537 g/mol. The van der Waals surface area contributed by atoms with Crippen LogP contribution in [0.15, 0.2) is 117 Å². The predicted molar refractivity (Wildman–Crippen MR) is 160 cm³/mol. The number of carbonyl (C=O) groups excluding carboxylic acids is 2. The minimum absolute atomic E-state index is 0.189. The van der Waals surface area contributed by atoms with Gasteiger partial charge in [-0.05, 0) is 70.4 Å². The van der Waals surface area contributed by atoms with Crippen LogP contribution < -0.4 is 4.74 Å². The standard InChI is InChI=1S/2C17H16O3/c1-3-9-19-16-8-7-13-11-15(6-5-14(13)12-16)17(18)20-10-4-2;1-3-5-15-14-8-6-13(17(19)20-10-4-2)11-12(14)7-9-16(15)18/h3-8,11-12H,1-2,9-10H2;3-4,6-9,11,18H,1-2,5,10H2. The topological polar surface area (TPSA) is 82.1 Å². The lowest BCUT2D eigenvalue weighted by molar-refractivity contribution is 0.0540. The molecule has 6 heteroatoms. The number of benzene rings is 4. The van der Waals surface area contributed by atoms with Crippen molar-refractivity contribution in [2.24, 2.45) is 0 Å². The van der Waals surface area contributed by atoms with Gasteiger partial charge in [0.2, 0.25) is 0 Å². The Morgan fingerprint density at radius 3 is 1.82 bits per heavy atom. The molecule has 0 fully saturated rings. The van der Waals surface area contributed by atoms with E-state index in [1.807, 2.05) is 30.3 Å². The molecule has 0 aliphatic carbocycles. The van der Waals surface area contributed by atoms with Gasteiger partial charge in [0.05, 0.1) is 11.1 Å². The Morgan fingerprint density at radius 2 is 1.20 bits per heavy atom. The second-order valence-electron chi connectivity index (χ2n) is 8.59. The molecule has 0 aliphatic heterocycles. The van der Waals surface area contributed by atoms with Crippen LogP contribution in [0.25, 0.3) is 21.5 Å². The lowest BCUT2D eigenvalue weighted by Crippen LogP contribution is -2.04. The third kappa shape index (κ3) is 7.71. The maximum Gasteiger partial charge on any atom is 0.338 e. The van der Waals surface area contributed by atoms with Crippen molar-refractivity contribution in [3.63, 3.8) is 0 Å². The van der Waals surface area contributed by atoms with E-state index in [0.29, 0.717) is 24.2 Å². The molecule has 4 rings (SSSR count). The van der Waals surface area contributed by atoms with Crippen LogP contribution in [0.1, 0.15) is 26.3 Å². The summed E-state index contributed by atoms with van der Waals surface area (Å²) in [7, 11) is 0. The van der Waals surface area contributed by atoms with Gasteiger partial charge in [-0.25, -0.2) is 9.59 Å². The van der Waals surface area contributed by atoms with Gasteiger partial charge in [0.25, 0.3) is 0 Å². The minimum Gasteiger partial charge on any atom is -0.508 e. The second kappa shape index (κ2) is 14.7. The maximum absolute atomic E-state index is 11.8. The van der Waals surface area contributed by atoms with Crippen molar-refractivity contribution >= 4 is 33.5 Å². The van der Waals surface area contributed by atoms with Crippen LogP contribution in [-0.4, -0.2) is 36.9 Å². The van der Waals surface area contributed by atoms with Crippen molar-refractivity contribution in [3.05, 3.63) is 134 Å². The highest BCUT2D eigenvalue weighted by Gasteiger charge is 2.11. The van der Waals surface area contributed by atoms with Crippen molar-refractivity contribution < 1.29 is 28.9 Å². The van der Waals surface area contributed by atoms with E-state index in [4.69, 9.17) is 14.2 Å². The Labute approximate surface area is 234 Å². The number of fused-ring (bicyclic) bond motifs is 2.